The minimum absolute atomic E-state index is 0.0558. The third-order valence-electron chi connectivity index (χ3n) is 2.96. The molecule has 2 aromatic heterocycles. The first-order chi connectivity index (χ1) is 9.26. The molecule has 2 heterocycles. The van der Waals surface area contributed by atoms with Crippen LogP contribution in [0.1, 0.15) is 44.2 Å². The quantitative estimate of drug-likeness (QED) is 0.843. The van der Waals surface area contributed by atoms with E-state index < -0.39 is 0 Å². The zero-order valence-corrected chi connectivity index (χ0v) is 13.0. The molecule has 5 heteroatoms. The van der Waals surface area contributed by atoms with E-state index >= 15 is 0 Å². The van der Waals surface area contributed by atoms with Crippen LogP contribution in [-0.4, -0.2) is 16.3 Å². The predicted octanol–water partition coefficient (Wildman–Crippen LogP) is 3.74. The topological polar surface area (TPSA) is 43.0 Å². The van der Waals surface area contributed by atoms with Crippen LogP contribution in [0.25, 0.3) is 0 Å². The van der Waals surface area contributed by atoms with Gasteiger partial charge in [0.15, 0.2) is 4.67 Å². The van der Waals surface area contributed by atoms with Gasteiger partial charge in [-0.25, -0.2) is 0 Å². The molecule has 1 N–H and O–H groups in total. The monoisotopic (exact) mass is 325 g/mol. The molecule has 0 bridgehead atoms. The Morgan fingerprint density at radius 1 is 1.32 bits per heavy atom. The standard InChI is InChI=1S/C14H20BrN3O/c1-3-8-16-14(12-5-6-13(15)19-12)11-7-9-17-18(11)10-4-2/h5-7,9,14,16H,3-4,8,10H2,1-2H3. The predicted molar refractivity (Wildman–Crippen MR) is 79.1 cm³/mol. The summed E-state index contributed by atoms with van der Waals surface area (Å²) in [5.74, 6) is 0.915. The van der Waals surface area contributed by atoms with Gasteiger partial charge in [0.25, 0.3) is 0 Å². The smallest absolute Gasteiger partial charge is 0.169 e. The Balaban J connectivity index is 2.28. The molecule has 0 amide bonds. The number of furan rings is 1. The summed E-state index contributed by atoms with van der Waals surface area (Å²) >= 11 is 3.36. The summed E-state index contributed by atoms with van der Waals surface area (Å²) in [5, 5.41) is 7.92. The van der Waals surface area contributed by atoms with E-state index in [9.17, 15) is 0 Å². The SMILES string of the molecule is CCCNC(c1ccc(Br)o1)c1ccnn1CCC. The van der Waals surface area contributed by atoms with E-state index in [-0.39, 0.29) is 6.04 Å². The third-order valence-corrected chi connectivity index (χ3v) is 3.38. The Morgan fingerprint density at radius 2 is 2.16 bits per heavy atom. The van der Waals surface area contributed by atoms with Crippen molar-refractivity contribution in [3.8, 4) is 0 Å². The van der Waals surface area contributed by atoms with Crippen molar-refractivity contribution in [3.63, 3.8) is 0 Å². The molecule has 0 saturated heterocycles. The van der Waals surface area contributed by atoms with Crippen LogP contribution in [0, 0.1) is 0 Å². The molecule has 0 fully saturated rings. The van der Waals surface area contributed by atoms with Crippen LogP contribution in [0.4, 0.5) is 0 Å². The number of aromatic nitrogens is 2. The molecule has 0 radical (unpaired) electrons. The molecule has 0 aromatic carbocycles. The van der Waals surface area contributed by atoms with E-state index in [0.29, 0.717) is 0 Å². The van der Waals surface area contributed by atoms with Gasteiger partial charge in [-0.15, -0.1) is 0 Å². The summed E-state index contributed by atoms with van der Waals surface area (Å²) in [4.78, 5) is 0. The number of rotatable bonds is 7. The van der Waals surface area contributed by atoms with Crippen molar-refractivity contribution in [3.05, 3.63) is 40.5 Å². The Labute approximate surface area is 122 Å². The average molecular weight is 326 g/mol. The molecule has 0 spiro atoms. The Hall–Kier alpha value is -1.07. The lowest BCUT2D eigenvalue weighted by Gasteiger charge is -2.18. The van der Waals surface area contributed by atoms with E-state index in [2.05, 4.69) is 46.3 Å². The Bertz CT molecular complexity index is 506. The molecule has 19 heavy (non-hydrogen) atoms. The van der Waals surface area contributed by atoms with Gasteiger partial charge < -0.3 is 9.73 Å². The Kier molecular flexibility index (Phi) is 5.22. The van der Waals surface area contributed by atoms with Crippen LogP contribution in [-0.2, 0) is 6.54 Å². The van der Waals surface area contributed by atoms with Gasteiger partial charge in [-0.1, -0.05) is 13.8 Å². The molecule has 1 atom stereocenters. The second kappa shape index (κ2) is 6.91. The average Bonchev–Trinajstić information content (AvgIpc) is 3.01. The van der Waals surface area contributed by atoms with Crippen molar-refractivity contribution >= 4 is 15.9 Å². The van der Waals surface area contributed by atoms with Gasteiger partial charge in [0.1, 0.15) is 11.8 Å². The lowest BCUT2D eigenvalue weighted by molar-refractivity contribution is 0.413. The molecule has 104 valence electrons. The van der Waals surface area contributed by atoms with Crippen LogP contribution in [0.2, 0.25) is 0 Å². The van der Waals surface area contributed by atoms with Gasteiger partial charge in [-0.05, 0) is 53.5 Å². The number of nitrogens with one attached hydrogen (secondary N) is 1. The van der Waals surface area contributed by atoms with Gasteiger partial charge in [0, 0.05) is 12.7 Å². The highest BCUT2D eigenvalue weighted by molar-refractivity contribution is 9.10. The molecule has 4 nitrogen and oxygen atoms in total. The van der Waals surface area contributed by atoms with E-state index in [4.69, 9.17) is 4.42 Å². The van der Waals surface area contributed by atoms with Gasteiger partial charge in [0.05, 0.1) is 5.69 Å². The highest BCUT2D eigenvalue weighted by atomic mass is 79.9. The normalized spacial score (nSPS) is 12.8. The number of aryl methyl sites for hydroxylation is 1. The van der Waals surface area contributed by atoms with Crippen molar-refractivity contribution in [1.82, 2.24) is 15.1 Å². The lowest BCUT2D eigenvalue weighted by Crippen LogP contribution is -2.25. The number of halogens is 1. The van der Waals surface area contributed by atoms with Gasteiger partial charge in [-0.2, -0.15) is 5.10 Å². The zero-order valence-electron chi connectivity index (χ0n) is 11.4. The first-order valence-electron chi connectivity index (χ1n) is 6.76. The zero-order chi connectivity index (χ0) is 13.7. The molecule has 0 aliphatic heterocycles. The van der Waals surface area contributed by atoms with Crippen molar-refractivity contribution in [2.45, 2.75) is 39.3 Å². The molecular weight excluding hydrogens is 306 g/mol. The van der Waals surface area contributed by atoms with Crippen molar-refractivity contribution in [2.75, 3.05) is 6.54 Å². The summed E-state index contributed by atoms with van der Waals surface area (Å²) in [6.45, 7) is 6.18. The minimum atomic E-state index is 0.0558. The molecule has 0 saturated carbocycles. The van der Waals surface area contributed by atoms with Crippen LogP contribution in [0.15, 0.2) is 33.5 Å². The second-order valence-electron chi connectivity index (χ2n) is 4.51. The lowest BCUT2D eigenvalue weighted by atomic mass is 10.1. The van der Waals surface area contributed by atoms with Gasteiger partial charge in [0.2, 0.25) is 0 Å². The molecule has 0 aliphatic carbocycles. The van der Waals surface area contributed by atoms with Crippen LogP contribution in [0.3, 0.4) is 0 Å². The highest BCUT2D eigenvalue weighted by Crippen LogP contribution is 2.26. The summed E-state index contributed by atoms with van der Waals surface area (Å²) < 4.78 is 8.51. The second-order valence-corrected chi connectivity index (χ2v) is 5.29. The fourth-order valence-corrected chi connectivity index (χ4v) is 2.43. The fraction of sp³-hybridized carbons (Fsp3) is 0.500. The van der Waals surface area contributed by atoms with Crippen LogP contribution < -0.4 is 5.32 Å². The Morgan fingerprint density at radius 3 is 2.79 bits per heavy atom. The maximum atomic E-state index is 5.71. The van der Waals surface area contributed by atoms with Crippen LogP contribution >= 0.6 is 15.9 Å². The van der Waals surface area contributed by atoms with Gasteiger partial charge in [-0.3, -0.25) is 4.68 Å². The largest absolute Gasteiger partial charge is 0.452 e. The summed E-state index contributed by atoms with van der Waals surface area (Å²) in [5.41, 5.74) is 1.15. The molecular formula is C14H20BrN3O. The number of hydrogen-bond acceptors (Lipinski definition) is 3. The summed E-state index contributed by atoms with van der Waals surface area (Å²) in [7, 11) is 0. The maximum Gasteiger partial charge on any atom is 0.169 e. The number of nitrogens with zero attached hydrogens (tertiary/aromatic N) is 2. The van der Waals surface area contributed by atoms with E-state index in [1.807, 2.05) is 23.0 Å². The van der Waals surface area contributed by atoms with E-state index in [0.717, 1.165) is 42.1 Å². The fourth-order valence-electron chi connectivity index (χ4n) is 2.11. The van der Waals surface area contributed by atoms with Crippen LogP contribution in [0.5, 0.6) is 0 Å². The van der Waals surface area contributed by atoms with E-state index in [1.165, 1.54) is 0 Å². The van der Waals surface area contributed by atoms with Gasteiger partial charge >= 0.3 is 0 Å². The summed E-state index contributed by atoms with van der Waals surface area (Å²) in [6.07, 6.45) is 4.00. The number of hydrogen-bond donors (Lipinski definition) is 1. The molecule has 1 unspecified atom stereocenters. The van der Waals surface area contributed by atoms with Crippen molar-refractivity contribution < 1.29 is 4.42 Å². The van der Waals surface area contributed by atoms with E-state index in [1.54, 1.807) is 0 Å². The molecule has 2 rings (SSSR count). The minimum Gasteiger partial charge on any atom is -0.452 e. The third kappa shape index (κ3) is 3.48. The first-order valence-corrected chi connectivity index (χ1v) is 7.55. The first kappa shape index (κ1) is 14.3. The van der Waals surface area contributed by atoms with Crippen molar-refractivity contribution in [1.29, 1.82) is 0 Å². The highest BCUT2D eigenvalue weighted by Gasteiger charge is 2.20. The maximum absolute atomic E-state index is 5.71. The van der Waals surface area contributed by atoms with Crippen molar-refractivity contribution in [2.24, 2.45) is 0 Å². The summed E-state index contributed by atoms with van der Waals surface area (Å²) in [6, 6.07) is 6.04. The molecule has 2 aromatic rings. The molecule has 0 aliphatic rings.